The predicted molar refractivity (Wildman–Crippen MR) is 299 cm³/mol. The van der Waals surface area contributed by atoms with Crippen LogP contribution in [0.15, 0.2) is 88.7 Å². The number of hydrogen-bond donors (Lipinski definition) is 8. The Labute approximate surface area is 471 Å². The van der Waals surface area contributed by atoms with Crippen molar-refractivity contribution in [2.75, 3.05) is 19.3 Å². The van der Waals surface area contributed by atoms with Gasteiger partial charge in [-0.1, -0.05) is 24.8 Å². The highest BCUT2D eigenvalue weighted by atomic mass is 32.2. The van der Waals surface area contributed by atoms with E-state index in [1.807, 2.05) is 18.2 Å². The molecule has 9 N–H and O–H groups in total. The molecular formula is C56H67N10O14PS. The third-order valence-electron chi connectivity index (χ3n) is 16.4. The summed E-state index contributed by atoms with van der Waals surface area (Å²) < 4.78 is 38.8. The van der Waals surface area contributed by atoms with Crippen LogP contribution in [0.4, 0.5) is 0 Å². The van der Waals surface area contributed by atoms with Gasteiger partial charge in [-0.3, -0.25) is 52.1 Å². The molecule has 0 bridgehead atoms. The third kappa shape index (κ3) is 13.0. The number of primary amides is 1. The number of amides is 7. The first kappa shape index (κ1) is 58.9. The largest absolute Gasteiger partial charge is 0.396 e. The molecule has 0 spiro atoms. The lowest BCUT2D eigenvalue weighted by molar-refractivity contribution is -0.147. The number of sulfone groups is 1. The van der Waals surface area contributed by atoms with Crippen LogP contribution in [0, 0.1) is 11.8 Å². The summed E-state index contributed by atoms with van der Waals surface area (Å²) in [6, 6.07) is 11.8. The number of nitrogens with two attached hydrogens (primary N) is 1. The molecule has 4 fully saturated rings. The van der Waals surface area contributed by atoms with Crippen LogP contribution in [0.1, 0.15) is 115 Å². The third-order valence-corrected chi connectivity index (χ3v) is 18.4. The van der Waals surface area contributed by atoms with Gasteiger partial charge in [0, 0.05) is 73.5 Å². The average Bonchev–Trinajstić information content (AvgIpc) is 3.34. The summed E-state index contributed by atoms with van der Waals surface area (Å²) in [6.07, 6.45) is 6.68. The van der Waals surface area contributed by atoms with Crippen LogP contribution in [-0.4, -0.2) is 133 Å². The highest BCUT2D eigenvalue weighted by Gasteiger charge is 2.47. The maximum absolute atomic E-state index is 15.1. The van der Waals surface area contributed by atoms with Gasteiger partial charge in [0.2, 0.25) is 35.4 Å². The van der Waals surface area contributed by atoms with Crippen molar-refractivity contribution in [3.05, 3.63) is 112 Å². The molecule has 5 aromatic rings. The van der Waals surface area contributed by atoms with Crippen LogP contribution in [0.2, 0.25) is 0 Å². The van der Waals surface area contributed by atoms with E-state index < -0.39 is 82.7 Å². The number of allylic oxidation sites excluding steroid dienone is 1. The molecular weight excluding hydrogens is 1100 g/mol. The van der Waals surface area contributed by atoms with E-state index in [0.29, 0.717) is 66.7 Å². The number of rotatable bonds is 18. The SMILES string of the molecule is C=C1CCC(n2c(=O)n(C)c3cc(CC[C@H]4CC[C@H](C(=O)N5CC[C@H]6CC[C@@H](C(=O)N[C@@H](CCC(N)=O)C(=O)NCc7ccc(S(C)(=O)=O)cc7)N6C(=O)[C@@H](NC(=O)c6cc7cc(C(=O)P(=O)(O)O)ccc7[nH]6)C5)CC4)ccc32)C(=O)N1. The monoisotopic (exact) mass is 1170 g/mol. The minimum atomic E-state index is -5.13. The number of piperidine rings is 1. The zero-order valence-corrected chi connectivity index (χ0v) is 47.1. The van der Waals surface area contributed by atoms with Crippen molar-refractivity contribution >= 4 is 86.2 Å². The molecule has 1 aliphatic carbocycles. The number of imidazole rings is 1. The van der Waals surface area contributed by atoms with E-state index in [2.05, 4.69) is 32.8 Å². The van der Waals surface area contributed by atoms with Crippen LogP contribution >= 0.6 is 7.60 Å². The molecule has 5 atom stereocenters. The van der Waals surface area contributed by atoms with Crippen molar-refractivity contribution in [3.8, 4) is 0 Å². The summed E-state index contributed by atoms with van der Waals surface area (Å²) in [5, 5.41) is 11.2. The molecule has 3 saturated heterocycles. The van der Waals surface area contributed by atoms with Gasteiger partial charge in [-0.2, -0.15) is 0 Å². The highest BCUT2D eigenvalue weighted by Crippen LogP contribution is 2.40. The van der Waals surface area contributed by atoms with Crippen molar-refractivity contribution in [2.24, 2.45) is 24.6 Å². The van der Waals surface area contributed by atoms with E-state index in [1.165, 1.54) is 53.4 Å². The van der Waals surface area contributed by atoms with Gasteiger partial charge in [-0.05, 0) is 143 Å². The Morgan fingerprint density at radius 1 is 0.878 bits per heavy atom. The van der Waals surface area contributed by atoms with Crippen molar-refractivity contribution < 1.29 is 61.1 Å². The summed E-state index contributed by atoms with van der Waals surface area (Å²) in [5.74, 6) is -4.08. The molecule has 3 aromatic carbocycles. The Morgan fingerprint density at radius 3 is 2.28 bits per heavy atom. The van der Waals surface area contributed by atoms with Gasteiger partial charge in [0.15, 0.2) is 9.84 Å². The van der Waals surface area contributed by atoms with E-state index >= 15 is 4.79 Å². The smallest absolute Gasteiger partial charge is 0.370 e. The molecule has 3 aliphatic heterocycles. The van der Waals surface area contributed by atoms with E-state index in [1.54, 1.807) is 21.1 Å². The molecule has 9 rings (SSSR count). The molecule has 5 heterocycles. The molecule has 0 radical (unpaired) electrons. The number of aryl methyl sites for hydroxylation is 2. The lowest BCUT2D eigenvalue weighted by atomic mass is 9.79. The number of benzene rings is 3. The first-order valence-electron chi connectivity index (χ1n) is 27.3. The fourth-order valence-corrected chi connectivity index (χ4v) is 13.0. The number of nitrogens with zero attached hydrogens (tertiary/aromatic N) is 4. The van der Waals surface area contributed by atoms with Crippen LogP contribution < -0.4 is 32.7 Å². The van der Waals surface area contributed by atoms with Crippen LogP contribution in [-0.2, 0) is 63.2 Å². The summed E-state index contributed by atoms with van der Waals surface area (Å²) >= 11 is 0. The number of nitrogens with one attached hydrogen (secondary N) is 5. The Hall–Kier alpha value is -7.73. The molecule has 26 heteroatoms. The van der Waals surface area contributed by atoms with E-state index in [4.69, 9.17) is 5.73 Å². The van der Waals surface area contributed by atoms with Gasteiger partial charge in [-0.15, -0.1) is 0 Å². The Balaban J connectivity index is 0.891. The van der Waals surface area contributed by atoms with E-state index in [-0.39, 0.29) is 83.9 Å². The van der Waals surface area contributed by atoms with Gasteiger partial charge >= 0.3 is 13.3 Å². The van der Waals surface area contributed by atoms with Gasteiger partial charge in [-0.25, -0.2) is 13.2 Å². The highest BCUT2D eigenvalue weighted by molar-refractivity contribution is 7.90. The Kier molecular flexibility index (Phi) is 17.2. The average molecular weight is 1170 g/mol. The minimum absolute atomic E-state index is 0.0518. The second-order valence-electron chi connectivity index (χ2n) is 22.1. The predicted octanol–water partition coefficient (Wildman–Crippen LogP) is 2.70. The van der Waals surface area contributed by atoms with Crippen LogP contribution in [0.5, 0.6) is 0 Å². The first-order chi connectivity index (χ1) is 38.8. The molecule has 24 nitrogen and oxygen atoms in total. The van der Waals surface area contributed by atoms with Crippen LogP contribution in [0.25, 0.3) is 21.9 Å². The number of fused-ring (bicyclic) bond motifs is 3. The van der Waals surface area contributed by atoms with Gasteiger partial charge in [0.25, 0.3) is 11.4 Å². The maximum atomic E-state index is 15.1. The molecule has 436 valence electrons. The molecule has 4 aliphatic rings. The minimum Gasteiger partial charge on any atom is -0.370 e. The summed E-state index contributed by atoms with van der Waals surface area (Å²) in [5.41, 5.74) is 7.36. The molecule has 1 saturated carbocycles. The van der Waals surface area contributed by atoms with Crippen molar-refractivity contribution in [1.29, 1.82) is 0 Å². The molecule has 1 unspecified atom stereocenters. The van der Waals surface area contributed by atoms with Crippen molar-refractivity contribution in [1.82, 2.24) is 45.2 Å². The number of aromatic nitrogens is 3. The lowest BCUT2D eigenvalue weighted by Gasteiger charge is -2.40. The number of aromatic amines is 1. The summed E-state index contributed by atoms with van der Waals surface area (Å²) in [7, 11) is -6.91. The summed E-state index contributed by atoms with van der Waals surface area (Å²) in [6.45, 7) is 3.72. The molecule has 2 aromatic heterocycles. The van der Waals surface area contributed by atoms with Gasteiger partial charge in [0.05, 0.1) is 15.9 Å². The van der Waals surface area contributed by atoms with E-state index in [9.17, 15) is 61.1 Å². The molecule has 82 heavy (non-hydrogen) atoms. The number of hydrogen-bond acceptors (Lipinski definition) is 12. The zero-order valence-electron chi connectivity index (χ0n) is 45.4. The zero-order chi connectivity index (χ0) is 58.9. The first-order valence-corrected chi connectivity index (χ1v) is 30.8. The van der Waals surface area contributed by atoms with Crippen molar-refractivity contribution in [3.63, 3.8) is 0 Å². The van der Waals surface area contributed by atoms with Crippen LogP contribution in [0.3, 0.4) is 0 Å². The van der Waals surface area contributed by atoms with Gasteiger partial charge in [0.1, 0.15) is 29.9 Å². The maximum Gasteiger partial charge on any atom is 0.396 e. The second kappa shape index (κ2) is 24.0. The van der Waals surface area contributed by atoms with Gasteiger partial charge < -0.3 is 51.6 Å². The number of carbonyl (C=O) groups excluding carboxylic acids is 8. The fourth-order valence-electron chi connectivity index (χ4n) is 11.9. The van der Waals surface area contributed by atoms with Crippen molar-refractivity contribution in [2.45, 2.75) is 125 Å². The second-order valence-corrected chi connectivity index (χ2v) is 25.6. The standard InChI is InChI=1S/C56H67N10O14PS/c1-31-4-20-46(51(70)59-31)66-44-21-11-33(26-47(44)63(2)56(66)75)6-5-32-7-12-35(13-8-32)53(72)64-25-24-38-15-22-45(52(71)61-41(19-23-48(57)67)49(68)58-29-34-9-16-39(17-10-34)82(3,79)80)65(38)54(73)43(30-64)62-50(69)42-28-37-27-36(14-18-40(37)60-42)55(74)81(76,77)78/h9-11,14,16-18,21,26-28,32,35,38,41,43,45-46,60H,1,4-8,12-13,15,19-20,22-25,29-30H2,2-3H3,(H2,57,67)(H,58,68)(H,59,70)(H,61,71)(H,62,69)(H2,76,77,78)/t32-,35-,38-,41+,43+,45+,46?/m1/s1. The normalized spacial score (nSPS) is 22.0. The number of H-pyrrole nitrogens is 1. The van der Waals surface area contributed by atoms with E-state index in [0.717, 1.165) is 43.0 Å². The quantitative estimate of drug-likeness (QED) is 0.0585. The summed E-state index contributed by atoms with van der Waals surface area (Å²) in [4.78, 5) is 148. The number of carbonyl (C=O) groups is 8. The fraction of sp³-hybridized carbons (Fsp3) is 0.446. The Bertz CT molecular complexity index is 3630. The topological polar surface area (TPSA) is 352 Å². The Morgan fingerprint density at radius 2 is 1.60 bits per heavy atom. The lowest BCUT2D eigenvalue weighted by Crippen LogP contribution is -2.62. The molecule has 7 amide bonds.